The lowest BCUT2D eigenvalue weighted by atomic mass is 10.00. The fraction of sp³-hybridized carbons (Fsp3) is 0.708. The fourth-order valence-electron chi connectivity index (χ4n) is 4.40. The number of nitrogens with one attached hydrogen (secondary N) is 1. The van der Waals surface area contributed by atoms with Crippen molar-refractivity contribution in [3.63, 3.8) is 0 Å². The van der Waals surface area contributed by atoms with Gasteiger partial charge in [0.05, 0.1) is 6.04 Å². The second-order valence-corrected chi connectivity index (χ2v) is 8.41. The number of ether oxygens (including phenoxy) is 3. The quantitative estimate of drug-likeness (QED) is 0.518. The largest absolute Gasteiger partial charge is 0.486 e. The molecule has 6 heteroatoms. The third-order valence-corrected chi connectivity index (χ3v) is 6.02. The van der Waals surface area contributed by atoms with E-state index in [0.29, 0.717) is 19.6 Å². The molecule has 0 bridgehead atoms. The maximum Gasteiger partial charge on any atom is 0.220 e. The van der Waals surface area contributed by atoms with Crippen LogP contribution in [0.5, 0.6) is 11.5 Å². The van der Waals surface area contributed by atoms with E-state index in [9.17, 15) is 4.79 Å². The highest BCUT2D eigenvalue weighted by Crippen LogP contribution is 2.34. The van der Waals surface area contributed by atoms with Crippen molar-refractivity contribution in [3.8, 4) is 11.5 Å². The van der Waals surface area contributed by atoms with Crippen LogP contribution in [0.4, 0.5) is 0 Å². The number of carbonyl (C=O) groups is 1. The van der Waals surface area contributed by atoms with Crippen molar-refractivity contribution in [1.29, 1.82) is 0 Å². The number of nitrogens with zero attached hydrogens (tertiary/aromatic N) is 1. The smallest absolute Gasteiger partial charge is 0.220 e. The first-order chi connectivity index (χ1) is 14.7. The molecule has 2 unspecified atom stereocenters. The molecule has 0 spiro atoms. The third kappa shape index (κ3) is 6.61. The Kier molecular flexibility index (Phi) is 9.27. The molecule has 2 aliphatic rings. The molecule has 3 rings (SSSR count). The van der Waals surface area contributed by atoms with Crippen molar-refractivity contribution in [2.45, 2.75) is 70.4 Å². The molecule has 1 N–H and O–H groups in total. The van der Waals surface area contributed by atoms with Gasteiger partial charge >= 0.3 is 0 Å². The average Bonchev–Trinajstić information content (AvgIpc) is 3.27. The van der Waals surface area contributed by atoms with Gasteiger partial charge in [-0.05, 0) is 50.0 Å². The standard InChI is InChI=1S/C24H38N2O4/c1-3-4-5-6-7-10-23(27)25-20(18-26-13-8-9-14-26)24(28-2)19-11-12-21-22(17-19)30-16-15-29-21/h11-12,17,20,24H,3-10,13-16,18H2,1-2H3,(H,25,27). The molecule has 1 fully saturated rings. The van der Waals surface area contributed by atoms with Gasteiger partial charge < -0.3 is 24.4 Å². The van der Waals surface area contributed by atoms with E-state index in [0.717, 1.165) is 49.5 Å². The van der Waals surface area contributed by atoms with E-state index in [4.69, 9.17) is 14.2 Å². The number of hydrogen-bond donors (Lipinski definition) is 1. The molecule has 2 heterocycles. The van der Waals surface area contributed by atoms with Gasteiger partial charge in [-0.2, -0.15) is 0 Å². The van der Waals surface area contributed by atoms with Gasteiger partial charge in [0, 0.05) is 20.1 Å². The van der Waals surface area contributed by atoms with Crippen LogP contribution in [-0.4, -0.2) is 56.8 Å². The summed E-state index contributed by atoms with van der Waals surface area (Å²) in [7, 11) is 1.72. The van der Waals surface area contributed by atoms with Crippen molar-refractivity contribution in [2.75, 3.05) is 40.0 Å². The second-order valence-electron chi connectivity index (χ2n) is 8.41. The Balaban J connectivity index is 1.66. The molecule has 1 aromatic carbocycles. The number of rotatable bonds is 12. The van der Waals surface area contributed by atoms with E-state index in [1.165, 1.54) is 32.1 Å². The van der Waals surface area contributed by atoms with Crippen LogP contribution >= 0.6 is 0 Å². The van der Waals surface area contributed by atoms with E-state index in [2.05, 4.69) is 17.1 Å². The number of fused-ring (bicyclic) bond motifs is 1. The molecule has 0 saturated carbocycles. The van der Waals surface area contributed by atoms with Gasteiger partial charge in [0.1, 0.15) is 19.3 Å². The first kappa shape index (κ1) is 22.9. The van der Waals surface area contributed by atoms with Crippen molar-refractivity contribution in [2.24, 2.45) is 0 Å². The van der Waals surface area contributed by atoms with Gasteiger partial charge in [-0.1, -0.05) is 38.7 Å². The van der Waals surface area contributed by atoms with E-state index in [1.54, 1.807) is 7.11 Å². The summed E-state index contributed by atoms with van der Waals surface area (Å²) < 4.78 is 17.3. The van der Waals surface area contributed by atoms with Gasteiger partial charge in [-0.15, -0.1) is 0 Å². The molecule has 0 radical (unpaired) electrons. The van der Waals surface area contributed by atoms with Gasteiger partial charge in [0.15, 0.2) is 11.5 Å². The molecule has 1 amide bonds. The van der Waals surface area contributed by atoms with Gasteiger partial charge in [0.25, 0.3) is 0 Å². The van der Waals surface area contributed by atoms with Crippen LogP contribution in [0, 0.1) is 0 Å². The van der Waals surface area contributed by atoms with E-state index < -0.39 is 0 Å². The Bertz CT molecular complexity index is 661. The fourth-order valence-corrected chi connectivity index (χ4v) is 4.40. The maximum atomic E-state index is 12.7. The first-order valence-electron chi connectivity index (χ1n) is 11.6. The number of likely N-dealkylation sites (tertiary alicyclic amines) is 1. The van der Waals surface area contributed by atoms with Crippen LogP contribution in [-0.2, 0) is 9.53 Å². The number of carbonyl (C=O) groups excluding carboxylic acids is 1. The van der Waals surface area contributed by atoms with Crippen LogP contribution in [0.25, 0.3) is 0 Å². The predicted molar refractivity (Wildman–Crippen MR) is 118 cm³/mol. The monoisotopic (exact) mass is 418 g/mol. The molecule has 0 aromatic heterocycles. The van der Waals surface area contributed by atoms with Crippen LogP contribution < -0.4 is 14.8 Å². The van der Waals surface area contributed by atoms with Crippen molar-refractivity contribution in [1.82, 2.24) is 10.2 Å². The Hall–Kier alpha value is -1.79. The number of methoxy groups -OCH3 is 1. The Morgan fingerprint density at radius 1 is 1.10 bits per heavy atom. The van der Waals surface area contributed by atoms with Crippen molar-refractivity contribution in [3.05, 3.63) is 23.8 Å². The Labute approximate surface area is 181 Å². The number of unbranched alkanes of at least 4 members (excludes halogenated alkanes) is 4. The van der Waals surface area contributed by atoms with Crippen LogP contribution in [0.2, 0.25) is 0 Å². The van der Waals surface area contributed by atoms with E-state index >= 15 is 0 Å². The summed E-state index contributed by atoms with van der Waals surface area (Å²) >= 11 is 0. The molecule has 6 nitrogen and oxygen atoms in total. The summed E-state index contributed by atoms with van der Waals surface area (Å²) in [6.45, 7) is 6.31. The zero-order valence-electron chi connectivity index (χ0n) is 18.7. The number of benzene rings is 1. The van der Waals surface area contributed by atoms with Crippen LogP contribution in [0.1, 0.15) is 70.0 Å². The molecule has 2 atom stereocenters. The van der Waals surface area contributed by atoms with Crippen molar-refractivity contribution < 1.29 is 19.0 Å². The summed E-state index contributed by atoms with van der Waals surface area (Å²) in [6, 6.07) is 5.86. The molecule has 1 saturated heterocycles. The molecule has 0 aliphatic carbocycles. The van der Waals surface area contributed by atoms with Gasteiger partial charge in [-0.3, -0.25) is 4.79 Å². The van der Waals surface area contributed by atoms with E-state index in [-0.39, 0.29) is 18.1 Å². The molecule has 1 aromatic rings. The molecule has 30 heavy (non-hydrogen) atoms. The summed E-state index contributed by atoms with van der Waals surface area (Å²) in [5.41, 5.74) is 1.01. The van der Waals surface area contributed by atoms with Crippen LogP contribution in [0.15, 0.2) is 18.2 Å². The molecular formula is C24H38N2O4. The Morgan fingerprint density at radius 2 is 1.83 bits per heavy atom. The summed E-state index contributed by atoms with van der Waals surface area (Å²) in [5, 5.41) is 3.29. The van der Waals surface area contributed by atoms with Crippen LogP contribution in [0.3, 0.4) is 0 Å². The molecular weight excluding hydrogens is 380 g/mol. The second kappa shape index (κ2) is 12.2. The number of hydrogen-bond acceptors (Lipinski definition) is 5. The lowest BCUT2D eigenvalue weighted by Gasteiger charge is -2.31. The van der Waals surface area contributed by atoms with Gasteiger partial charge in [0.2, 0.25) is 5.91 Å². The summed E-state index contributed by atoms with van der Waals surface area (Å²) in [6.07, 6.45) is 8.53. The lowest BCUT2D eigenvalue weighted by Crippen LogP contribution is -2.47. The topological polar surface area (TPSA) is 60.0 Å². The minimum atomic E-state index is -0.231. The zero-order chi connectivity index (χ0) is 21.2. The molecule has 168 valence electrons. The molecule has 2 aliphatic heterocycles. The average molecular weight is 419 g/mol. The highest BCUT2D eigenvalue weighted by atomic mass is 16.6. The minimum Gasteiger partial charge on any atom is -0.486 e. The Morgan fingerprint density at radius 3 is 2.57 bits per heavy atom. The highest BCUT2D eigenvalue weighted by molar-refractivity contribution is 5.76. The third-order valence-electron chi connectivity index (χ3n) is 6.02. The maximum absolute atomic E-state index is 12.7. The summed E-state index contributed by atoms with van der Waals surface area (Å²) in [5.74, 6) is 1.64. The SMILES string of the molecule is CCCCCCCC(=O)NC(CN1CCCC1)C(OC)c1ccc2c(c1)OCCO2. The van der Waals surface area contributed by atoms with Gasteiger partial charge in [-0.25, -0.2) is 0 Å². The first-order valence-corrected chi connectivity index (χ1v) is 11.6. The predicted octanol–water partition coefficient (Wildman–Crippen LogP) is 4.09. The lowest BCUT2D eigenvalue weighted by molar-refractivity contribution is -0.123. The summed E-state index contributed by atoms with van der Waals surface area (Å²) in [4.78, 5) is 15.1. The normalized spacial score (nSPS) is 18.2. The van der Waals surface area contributed by atoms with E-state index in [1.807, 2.05) is 18.2 Å². The highest BCUT2D eigenvalue weighted by Gasteiger charge is 2.29. The number of amides is 1. The van der Waals surface area contributed by atoms with Crippen molar-refractivity contribution >= 4 is 5.91 Å². The zero-order valence-corrected chi connectivity index (χ0v) is 18.7. The minimum absolute atomic E-state index is 0.0983.